The minimum Gasteiger partial charge on any atom is -0.396 e. The first-order valence-corrected chi connectivity index (χ1v) is 7.36. The molecule has 1 rings (SSSR count). The molecule has 0 bridgehead atoms. The lowest BCUT2D eigenvalue weighted by Crippen LogP contribution is -2.40. The van der Waals surface area contributed by atoms with Crippen LogP contribution in [0.4, 0.5) is 0 Å². The van der Waals surface area contributed by atoms with Crippen molar-refractivity contribution in [2.75, 3.05) is 31.2 Å². The van der Waals surface area contributed by atoms with E-state index in [2.05, 4.69) is 6.92 Å². The SMILES string of the molecule is CC1CCN(C(=O)CS(=O)CCCO)CC1. The summed E-state index contributed by atoms with van der Waals surface area (Å²) in [6.07, 6.45) is 2.61. The maximum atomic E-state index is 11.7. The first-order chi connectivity index (χ1) is 7.63. The molecular weight excluding hydrogens is 226 g/mol. The zero-order valence-corrected chi connectivity index (χ0v) is 10.7. The smallest absolute Gasteiger partial charge is 0.235 e. The topological polar surface area (TPSA) is 57.6 Å². The Hall–Kier alpha value is -0.420. The highest BCUT2D eigenvalue weighted by Crippen LogP contribution is 2.16. The third-order valence-corrected chi connectivity index (χ3v) is 4.26. The molecule has 1 amide bonds. The minimum absolute atomic E-state index is 0.00294. The number of nitrogens with zero attached hydrogens (tertiary/aromatic N) is 1. The van der Waals surface area contributed by atoms with Crippen molar-refractivity contribution in [2.24, 2.45) is 5.92 Å². The Kier molecular flexibility index (Phi) is 5.98. The Labute approximate surface area is 99.5 Å². The van der Waals surface area contributed by atoms with Crippen molar-refractivity contribution in [3.8, 4) is 0 Å². The van der Waals surface area contributed by atoms with E-state index >= 15 is 0 Å². The fraction of sp³-hybridized carbons (Fsp3) is 0.909. The van der Waals surface area contributed by atoms with E-state index in [-0.39, 0.29) is 18.3 Å². The van der Waals surface area contributed by atoms with Gasteiger partial charge in [-0.2, -0.15) is 0 Å². The number of carbonyl (C=O) groups excluding carboxylic acids is 1. The summed E-state index contributed by atoms with van der Waals surface area (Å²) in [6.45, 7) is 3.84. The van der Waals surface area contributed by atoms with Crippen LogP contribution in [0.25, 0.3) is 0 Å². The second kappa shape index (κ2) is 7.01. The Balaban J connectivity index is 2.26. The molecule has 4 nitrogen and oxygen atoms in total. The lowest BCUT2D eigenvalue weighted by atomic mass is 9.99. The molecule has 1 N–H and O–H groups in total. The molecule has 1 aliphatic rings. The average molecular weight is 247 g/mol. The Morgan fingerprint density at radius 3 is 2.62 bits per heavy atom. The van der Waals surface area contributed by atoms with Crippen LogP contribution in [0.2, 0.25) is 0 Å². The van der Waals surface area contributed by atoms with Gasteiger partial charge in [0.05, 0.1) is 0 Å². The lowest BCUT2D eigenvalue weighted by Gasteiger charge is -2.30. The predicted molar refractivity (Wildman–Crippen MR) is 64.6 cm³/mol. The highest BCUT2D eigenvalue weighted by atomic mass is 32.2. The van der Waals surface area contributed by atoms with Gasteiger partial charge in [-0.25, -0.2) is 0 Å². The maximum absolute atomic E-state index is 11.7. The summed E-state index contributed by atoms with van der Waals surface area (Å²) in [5, 5.41) is 8.60. The van der Waals surface area contributed by atoms with Gasteiger partial charge in [-0.1, -0.05) is 6.92 Å². The molecule has 16 heavy (non-hydrogen) atoms. The van der Waals surface area contributed by atoms with Gasteiger partial charge in [-0.15, -0.1) is 0 Å². The zero-order chi connectivity index (χ0) is 12.0. The van der Waals surface area contributed by atoms with Crippen molar-refractivity contribution in [1.29, 1.82) is 0 Å². The van der Waals surface area contributed by atoms with E-state index in [9.17, 15) is 9.00 Å². The summed E-state index contributed by atoms with van der Waals surface area (Å²) in [6, 6.07) is 0. The number of hydrogen-bond acceptors (Lipinski definition) is 3. The average Bonchev–Trinajstić information content (AvgIpc) is 2.27. The van der Waals surface area contributed by atoms with Gasteiger partial charge < -0.3 is 10.0 Å². The van der Waals surface area contributed by atoms with Crippen molar-refractivity contribution in [1.82, 2.24) is 4.90 Å². The molecule has 5 heteroatoms. The van der Waals surface area contributed by atoms with E-state index in [1.54, 1.807) is 0 Å². The summed E-state index contributed by atoms with van der Waals surface area (Å²) in [4.78, 5) is 13.6. The molecule has 1 saturated heterocycles. The molecule has 1 unspecified atom stereocenters. The number of aliphatic hydroxyl groups is 1. The number of carbonyl (C=O) groups is 1. The second-order valence-electron chi connectivity index (χ2n) is 4.43. The van der Waals surface area contributed by atoms with Gasteiger partial charge in [0, 0.05) is 36.2 Å². The number of amides is 1. The molecule has 0 saturated carbocycles. The van der Waals surface area contributed by atoms with Crippen LogP contribution in [-0.4, -0.2) is 51.3 Å². The molecule has 1 fully saturated rings. The van der Waals surface area contributed by atoms with Crippen LogP contribution >= 0.6 is 0 Å². The van der Waals surface area contributed by atoms with E-state index in [0.29, 0.717) is 18.1 Å². The highest BCUT2D eigenvalue weighted by molar-refractivity contribution is 7.85. The Morgan fingerprint density at radius 1 is 1.44 bits per heavy atom. The van der Waals surface area contributed by atoms with E-state index < -0.39 is 10.8 Å². The molecule has 0 spiro atoms. The monoisotopic (exact) mass is 247 g/mol. The van der Waals surface area contributed by atoms with Gasteiger partial charge in [0.1, 0.15) is 5.75 Å². The summed E-state index contributed by atoms with van der Waals surface area (Å²) in [7, 11) is -1.11. The van der Waals surface area contributed by atoms with Gasteiger partial charge in [0.15, 0.2) is 0 Å². The lowest BCUT2D eigenvalue weighted by molar-refractivity contribution is -0.129. The second-order valence-corrected chi connectivity index (χ2v) is 6.01. The fourth-order valence-corrected chi connectivity index (χ4v) is 2.84. The Morgan fingerprint density at radius 2 is 2.06 bits per heavy atom. The minimum atomic E-state index is -1.11. The third kappa shape index (κ3) is 4.61. The number of aliphatic hydroxyl groups excluding tert-OH is 1. The first kappa shape index (κ1) is 13.6. The number of hydrogen-bond donors (Lipinski definition) is 1. The van der Waals surface area contributed by atoms with Gasteiger partial charge in [0.2, 0.25) is 5.91 Å². The molecule has 1 atom stereocenters. The molecule has 94 valence electrons. The van der Waals surface area contributed by atoms with Crippen LogP contribution in [0.15, 0.2) is 0 Å². The molecule has 0 aromatic carbocycles. The van der Waals surface area contributed by atoms with Crippen molar-refractivity contribution in [3.05, 3.63) is 0 Å². The van der Waals surface area contributed by atoms with Crippen LogP contribution < -0.4 is 0 Å². The highest BCUT2D eigenvalue weighted by Gasteiger charge is 2.21. The van der Waals surface area contributed by atoms with Gasteiger partial charge in [0.25, 0.3) is 0 Å². The van der Waals surface area contributed by atoms with E-state index in [0.717, 1.165) is 25.9 Å². The van der Waals surface area contributed by atoms with Crippen molar-refractivity contribution in [3.63, 3.8) is 0 Å². The molecule has 1 aliphatic heterocycles. The summed E-state index contributed by atoms with van der Waals surface area (Å²) < 4.78 is 11.5. The van der Waals surface area contributed by atoms with Gasteiger partial charge >= 0.3 is 0 Å². The van der Waals surface area contributed by atoms with Crippen LogP contribution in [0.5, 0.6) is 0 Å². The molecular formula is C11H21NO3S. The largest absolute Gasteiger partial charge is 0.396 e. The molecule has 0 radical (unpaired) electrons. The van der Waals surface area contributed by atoms with Crippen molar-refractivity contribution < 1.29 is 14.1 Å². The van der Waals surface area contributed by atoms with Crippen LogP contribution in [0.1, 0.15) is 26.2 Å². The van der Waals surface area contributed by atoms with E-state index in [4.69, 9.17) is 5.11 Å². The van der Waals surface area contributed by atoms with E-state index in [1.807, 2.05) is 4.90 Å². The number of rotatable bonds is 5. The van der Waals surface area contributed by atoms with Crippen LogP contribution in [0.3, 0.4) is 0 Å². The number of piperidine rings is 1. The van der Waals surface area contributed by atoms with Crippen molar-refractivity contribution >= 4 is 16.7 Å². The normalized spacial score (nSPS) is 19.8. The first-order valence-electron chi connectivity index (χ1n) is 5.87. The summed E-state index contributed by atoms with van der Waals surface area (Å²) >= 11 is 0. The third-order valence-electron chi connectivity index (χ3n) is 2.95. The predicted octanol–water partition coefficient (Wildman–Crippen LogP) is 0.376. The van der Waals surface area contributed by atoms with Gasteiger partial charge in [-0.3, -0.25) is 9.00 Å². The van der Waals surface area contributed by atoms with Crippen LogP contribution in [-0.2, 0) is 15.6 Å². The zero-order valence-electron chi connectivity index (χ0n) is 9.85. The molecule has 1 heterocycles. The van der Waals surface area contributed by atoms with Gasteiger partial charge in [-0.05, 0) is 25.2 Å². The molecule has 0 aromatic rings. The maximum Gasteiger partial charge on any atom is 0.235 e. The standard InChI is InChI=1S/C11H21NO3S/c1-10-3-5-12(6-4-10)11(14)9-16(15)8-2-7-13/h10,13H,2-9H2,1H3. The molecule has 0 aliphatic carbocycles. The Bertz CT molecular complexity index is 250. The quantitative estimate of drug-likeness (QED) is 0.764. The van der Waals surface area contributed by atoms with E-state index in [1.165, 1.54) is 0 Å². The fourth-order valence-electron chi connectivity index (χ4n) is 1.78. The summed E-state index contributed by atoms with van der Waals surface area (Å²) in [5.41, 5.74) is 0. The van der Waals surface area contributed by atoms with Crippen LogP contribution in [0, 0.1) is 5.92 Å². The molecule has 0 aromatic heterocycles. The summed E-state index contributed by atoms with van der Waals surface area (Å²) in [5.74, 6) is 1.24. The number of likely N-dealkylation sites (tertiary alicyclic amines) is 1. The van der Waals surface area contributed by atoms with Crippen molar-refractivity contribution in [2.45, 2.75) is 26.2 Å².